The second kappa shape index (κ2) is 7.94. The van der Waals surface area contributed by atoms with Crippen LogP contribution in [-0.2, 0) is 33.9 Å². The van der Waals surface area contributed by atoms with E-state index in [0.717, 1.165) is 16.7 Å². The molecular formula is C20H21NO4. The monoisotopic (exact) mass is 339 g/mol. The summed E-state index contributed by atoms with van der Waals surface area (Å²) in [5, 5.41) is 9.48. The van der Waals surface area contributed by atoms with E-state index in [-0.39, 0.29) is 18.9 Å². The van der Waals surface area contributed by atoms with Gasteiger partial charge in [-0.2, -0.15) is 0 Å². The predicted molar refractivity (Wildman–Crippen MR) is 92.8 cm³/mol. The normalized spacial score (nSPS) is 16.3. The van der Waals surface area contributed by atoms with Gasteiger partial charge in [0.25, 0.3) is 0 Å². The van der Waals surface area contributed by atoms with E-state index < -0.39 is 12.0 Å². The molecule has 25 heavy (non-hydrogen) atoms. The van der Waals surface area contributed by atoms with Gasteiger partial charge in [-0.25, -0.2) is 4.79 Å². The number of rotatable bonds is 6. The highest BCUT2D eigenvalue weighted by molar-refractivity contribution is 5.84. The summed E-state index contributed by atoms with van der Waals surface area (Å²) >= 11 is 0. The molecule has 1 aliphatic heterocycles. The molecule has 1 amide bonds. The first-order valence-corrected chi connectivity index (χ1v) is 8.36. The van der Waals surface area contributed by atoms with Crippen molar-refractivity contribution < 1.29 is 19.4 Å². The molecule has 0 fully saturated rings. The molecule has 0 saturated heterocycles. The largest absolute Gasteiger partial charge is 0.480 e. The number of carboxylic acids is 1. The number of fused-ring (bicyclic) bond motifs is 1. The third-order valence-electron chi connectivity index (χ3n) is 4.43. The van der Waals surface area contributed by atoms with Crippen molar-refractivity contribution in [1.29, 1.82) is 0 Å². The van der Waals surface area contributed by atoms with Crippen LogP contribution in [0.3, 0.4) is 0 Å². The summed E-state index contributed by atoms with van der Waals surface area (Å²) in [5.74, 6) is -1.15. The van der Waals surface area contributed by atoms with Crippen LogP contribution >= 0.6 is 0 Å². The predicted octanol–water partition coefficient (Wildman–Crippen LogP) is 2.63. The van der Waals surface area contributed by atoms with Crippen LogP contribution in [0.15, 0.2) is 54.6 Å². The van der Waals surface area contributed by atoms with Crippen molar-refractivity contribution in [2.45, 2.75) is 32.0 Å². The van der Waals surface area contributed by atoms with E-state index in [0.29, 0.717) is 19.6 Å². The quantitative estimate of drug-likeness (QED) is 0.822. The number of hydrogen-bond acceptors (Lipinski definition) is 3. The van der Waals surface area contributed by atoms with E-state index in [1.165, 1.54) is 4.90 Å². The highest BCUT2D eigenvalue weighted by atomic mass is 16.5. The average Bonchev–Trinajstić information content (AvgIpc) is 2.64. The Bertz CT molecular complexity index is 744. The first-order valence-electron chi connectivity index (χ1n) is 8.36. The second-order valence-corrected chi connectivity index (χ2v) is 6.14. The van der Waals surface area contributed by atoms with Gasteiger partial charge in [-0.3, -0.25) is 4.79 Å². The van der Waals surface area contributed by atoms with E-state index in [1.807, 2.05) is 54.6 Å². The van der Waals surface area contributed by atoms with Gasteiger partial charge in [0.05, 0.1) is 19.6 Å². The van der Waals surface area contributed by atoms with E-state index in [9.17, 15) is 14.7 Å². The maximum atomic E-state index is 12.5. The number of nitrogens with zero attached hydrogens (tertiary/aromatic N) is 1. The Kier molecular flexibility index (Phi) is 5.46. The molecule has 0 radical (unpaired) electrons. The van der Waals surface area contributed by atoms with Crippen LogP contribution in [-0.4, -0.2) is 34.5 Å². The highest BCUT2D eigenvalue weighted by Crippen LogP contribution is 2.24. The number of ether oxygens (including phenoxy) is 1. The molecule has 1 atom stereocenters. The highest BCUT2D eigenvalue weighted by Gasteiger charge is 2.34. The van der Waals surface area contributed by atoms with Crippen molar-refractivity contribution >= 4 is 11.9 Å². The van der Waals surface area contributed by atoms with Gasteiger partial charge in [0.15, 0.2) is 0 Å². The lowest BCUT2D eigenvalue weighted by Crippen LogP contribution is -2.48. The van der Waals surface area contributed by atoms with Crippen LogP contribution < -0.4 is 0 Å². The minimum Gasteiger partial charge on any atom is -0.480 e. The lowest BCUT2D eigenvalue weighted by atomic mass is 9.94. The fourth-order valence-corrected chi connectivity index (χ4v) is 3.07. The van der Waals surface area contributed by atoms with Crippen molar-refractivity contribution in [3.8, 4) is 0 Å². The Morgan fingerprint density at radius 2 is 1.72 bits per heavy atom. The minimum absolute atomic E-state index is 0.179. The van der Waals surface area contributed by atoms with Crippen molar-refractivity contribution in [3.05, 3.63) is 71.3 Å². The second-order valence-electron chi connectivity index (χ2n) is 6.14. The van der Waals surface area contributed by atoms with Crippen LogP contribution in [0.1, 0.15) is 23.1 Å². The topological polar surface area (TPSA) is 66.8 Å². The van der Waals surface area contributed by atoms with E-state index in [2.05, 4.69) is 0 Å². The molecule has 1 aliphatic rings. The number of benzene rings is 2. The Morgan fingerprint density at radius 1 is 1.04 bits per heavy atom. The van der Waals surface area contributed by atoms with Crippen LogP contribution in [0.5, 0.6) is 0 Å². The maximum absolute atomic E-state index is 12.5. The zero-order valence-electron chi connectivity index (χ0n) is 13.9. The number of aliphatic carboxylic acids is 1. The van der Waals surface area contributed by atoms with Gasteiger partial charge in [0, 0.05) is 13.0 Å². The number of carboxylic acid groups (broad SMARTS) is 1. The Balaban J connectivity index is 1.57. The summed E-state index contributed by atoms with van der Waals surface area (Å²) in [7, 11) is 0. The third-order valence-corrected chi connectivity index (χ3v) is 4.43. The molecule has 5 heteroatoms. The van der Waals surface area contributed by atoms with Crippen molar-refractivity contribution in [2.75, 3.05) is 6.61 Å². The zero-order chi connectivity index (χ0) is 17.6. The van der Waals surface area contributed by atoms with Gasteiger partial charge in [0.2, 0.25) is 5.91 Å². The summed E-state index contributed by atoms with van der Waals surface area (Å²) in [5.41, 5.74) is 3.06. The van der Waals surface area contributed by atoms with E-state index in [1.54, 1.807) is 0 Å². The summed E-state index contributed by atoms with van der Waals surface area (Å²) < 4.78 is 5.55. The van der Waals surface area contributed by atoms with Crippen LogP contribution in [0, 0.1) is 0 Å². The molecular weight excluding hydrogens is 318 g/mol. The molecule has 0 saturated carbocycles. The number of carbonyl (C=O) groups excluding carboxylic acids is 1. The first-order chi connectivity index (χ1) is 12.1. The molecule has 1 unspecified atom stereocenters. The molecule has 1 N–H and O–H groups in total. The van der Waals surface area contributed by atoms with Crippen LogP contribution in [0.4, 0.5) is 0 Å². The maximum Gasteiger partial charge on any atom is 0.326 e. The number of amides is 1. The Hall–Kier alpha value is -2.66. The number of carbonyl (C=O) groups is 2. The van der Waals surface area contributed by atoms with Gasteiger partial charge in [-0.05, 0) is 16.7 Å². The standard InChI is InChI=1S/C20H21NO4/c22-19(10-11-25-14-15-6-2-1-3-7-15)21-13-17-9-5-4-8-16(17)12-18(21)20(23)24/h1-9,18H,10-14H2,(H,23,24). The van der Waals surface area contributed by atoms with Gasteiger partial charge in [-0.15, -0.1) is 0 Å². The third kappa shape index (κ3) is 4.25. The minimum atomic E-state index is -0.965. The lowest BCUT2D eigenvalue weighted by molar-refractivity contribution is -0.151. The fourth-order valence-electron chi connectivity index (χ4n) is 3.07. The van der Waals surface area contributed by atoms with Crippen molar-refractivity contribution in [1.82, 2.24) is 4.90 Å². The SMILES string of the molecule is O=C(O)C1Cc2ccccc2CN1C(=O)CCOCc1ccccc1. The van der Waals surface area contributed by atoms with Crippen molar-refractivity contribution in [2.24, 2.45) is 0 Å². The Morgan fingerprint density at radius 3 is 2.44 bits per heavy atom. The van der Waals surface area contributed by atoms with E-state index in [4.69, 9.17) is 4.74 Å². The smallest absolute Gasteiger partial charge is 0.326 e. The molecule has 0 spiro atoms. The molecule has 2 aromatic carbocycles. The molecule has 1 heterocycles. The average molecular weight is 339 g/mol. The van der Waals surface area contributed by atoms with Crippen LogP contribution in [0.25, 0.3) is 0 Å². The molecule has 130 valence electrons. The fraction of sp³-hybridized carbons (Fsp3) is 0.300. The molecule has 0 bridgehead atoms. The van der Waals surface area contributed by atoms with Gasteiger partial charge in [-0.1, -0.05) is 54.6 Å². The zero-order valence-corrected chi connectivity index (χ0v) is 13.9. The molecule has 0 aliphatic carbocycles. The molecule has 2 aromatic rings. The van der Waals surface area contributed by atoms with Gasteiger partial charge < -0.3 is 14.7 Å². The van der Waals surface area contributed by atoms with Gasteiger partial charge in [0.1, 0.15) is 6.04 Å². The summed E-state index contributed by atoms with van der Waals surface area (Å²) in [4.78, 5) is 25.5. The number of hydrogen-bond donors (Lipinski definition) is 1. The Labute approximate surface area is 146 Å². The van der Waals surface area contributed by atoms with Crippen molar-refractivity contribution in [3.63, 3.8) is 0 Å². The summed E-state index contributed by atoms with van der Waals surface area (Å²) in [6.07, 6.45) is 0.529. The first kappa shape index (κ1) is 17.2. The summed E-state index contributed by atoms with van der Waals surface area (Å²) in [6.45, 7) is 1.06. The summed E-state index contributed by atoms with van der Waals surface area (Å²) in [6, 6.07) is 16.6. The molecule has 5 nitrogen and oxygen atoms in total. The lowest BCUT2D eigenvalue weighted by Gasteiger charge is -2.34. The van der Waals surface area contributed by atoms with Crippen LogP contribution in [0.2, 0.25) is 0 Å². The van der Waals surface area contributed by atoms with Gasteiger partial charge >= 0.3 is 5.97 Å². The molecule has 0 aromatic heterocycles. The molecule has 3 rings (SSSR count). The van der Waals surface area contributed by atoms with E-state index >= 15 is 0 Å².